The molecule has 4 rings (SSSR count). The van der Waals surface area contributed by atoms with Gasteiger partial charge in [-0.3, -0.25) is 9.89 Å². The molecule has 0 atom stereocenters. The van der Waals surface area contributed by atoms with Crippen LogP contribution in [0.3, 0.4) is 0 Å². The van der Waals surface area contributed by atoms with E-state index in [1.54, 1.807) is 9.21 Å². The van der Waals surface area contributed by atoms with Gasteiger partial charge in [-0.15, -0.1) is 0 Å². The minimum Gasteiger partial charge on any atom is -0.336 e. The van der Waals surface area contributed by atoms with Gasteiger partial charge in [-0.1, -0.05) is 0 Å². The van der Waals surface area contributed by atoms with Gasteiger partial charge in [0, 0.05) is 51.4 Å². The summed E-state index contributed by atoms with van der Waals surface area (Å²) in [7, 11) is -3.40. The Morgan fingerprint density at radius 3 is 2.50 bits per heavy atom. The third-order valence-corrected chi connectivity index (χ3v) is 7.50. The number of carbonyl (C=O) groups excluding carboxylic acids is 1. The number of aromatic amines is 1. The van der Waals surface area contributed by atoms with Crippen LogP contribution in [0.4, 0.5) is 0 Å². The van der Waals surface area contributed by atoms with Crippen LogP contribution in [0.15, 0.2) is 0 Å². The van der Waals surface area contributed by atoms with Crippen LogP contribution in [0.25, 0.3) is 0 Å². The van der Waals surface area contributed by atoms with Crippen LogP contribution in [-0.2, 0) is 23.2 Å². The Bertz CT molecular complexity index is 771. The zero-order chi connectivity index (χ0) is 18.1. The Morgan fingerprint density at radius 2 is 1.69 bits per heavy atom. The molecule has 3 aliphatic heterocycles. The lowest BCUT2D eigenvalue weighted by atomic mass is 10.1. The molecule has 0 unspecified atom stereocenters. The molecule has 0 aromatic carbocycles. The molecule has 2 saturated heterocycles. The number of fused-ring (bicyclic) bond motifs is 1. The summed E-state index contributed by atoms with van der Waals surface area (Å²) in [5.74, 6) is -0.0928. The van der Waals surface area contributed by atoms with Crippen LogP contribution in [0, 0.1) is 0 Å². The molecule has 144 valence electrons. The van der Waals surface area contributed by atoms with E-state index in [1.807, 2.05) is 0 Å². The van der Waals surface area contributed by atoms with E-state index < -0.39 is 10.2 Å². The number of hydrogen-bond donors (Lipinski definition) is 2. The Hall–Kier alpha value is -1.49. The standard InChI is InChI=1S/C16H26N6O3S/c23-16(15-13-4-5-17-12-14(13)18-19-15)20-6-3-9-22(11-10-20)26(24,25)21-7-1-2-8-21/h17H,1-12H2,(H,18,19). The number of rotatable bonds is 3. The first-order chi connectivity index (χ1) is 12.6. The Balaban J connectivity index is 1.45. The molecule has 2 fully saturated rings. The molecule has 1 aromatic rings. The van der Waals surface area contributed by atoms with E-state index in [0.717, 1.165) is 37.1 Å². The molecule has 3 aliphatic rings. The third kappa shape index (κ3) is 3.26. The van der Waals surface area contributed by atoms with Gasteiger partial charge in [0.25, 0.3) is 16.1 Å². The summed E-state index contributed by atoms with van der Waals surface area (Å²) in [6.07, 6.45) is 3.29. The zero-order valence-corrected chi connectivity index (χ0v) is 15.7. The van der Waals surface area contributed by atoms with Gasteiger partial charge in [0.15, 0.2) is 5.69 Å². The molecule has 10 heteroatoms. The molecular weight excluding hydrogens is 356 g/mol. The average Bonchev–Trinajstić information content (AvgIpc) is 3.26. The minimum absolute atomic E-state index is 0.0928. The predicted octanol–water partition coefficient (Wildman–Crippen LogP) is -0.456. The van der Waals surface area contributed by atoms with Crippen molar-refractivity contribution in [3.8, 4) is 0 Å². The fourth-order valence-corrected chi connectivity index (χ4v) is 5.70. The van der Waals surface area contributed by atoms with Crippen LogP contribution in [0.2, 0.25) is 0 Å². The smallest absolute Gasteiger partial charge is 0.282 e. The summed E-state index contributed by atoms with van der Waals surface area (Å²) in [5.41, 5.74) is 2.48. The number of nitrogens with one attached hydrogen (secondary N) is 2. The van der Waals surface area contributed by atoms with Crippen molar-refractivity contribution in [1.29, 1.82) is 0 Å². The normalized spacial score (nSPS) is 23.0. The Morgan fingerprint density at radius 1 is 0.962 bits per heavy atom. The number of hydrogen-bond acceptors (Lipinski definition) is 5. The number of H-pyrrole nitrogens is 1. The van der Waals surface area contributed by atoms with Gasteiger partial charge in [-0.05, 0) is 32.2 Å². The summed E-state index contributed by atoms with van der Waals surface area (Å²) < 4.78 is 28.6. The summed E-state index contributed by atoms with van der Waals surface area (Å²) in [4.78, 5) is 14.7. The summed E-state index contributed by atoms with van der Waals surface area (Å²) >= 11 is 0. The molecule has 4 heterocycles. The highest BCUT2D eigenvalue weighted by atomic mass is 32.2. The molecule has 0 saturated carbocycles. The van der Waals surface area contributed by atoms with E-state index in [-0.39, 0.29) is 5.91 Å². The van der Waals surface area contributed by atoms with Gasteiger partial charge < -0.3 is 10.2 Å². The molecule has 2 N–H and O–H groups in total. The molecule has 0 bridgehead atoms. The van der Waals surface area contributed by atoms with Crippen molar-refractivity contribution in [2.24, 2.45) is 0 Å². The molecule has 1 amide bonds. The first kappa shape index (κ1) is 17.9. The topological polar surface area (TPSA) is 102 Å². The number of nitrogens with zero attached hydrogens (tertiary/aromatic N) is 4. The highest BCUT2D eigenvalue weighted by Gasteiger charge is 2.34. The largest absolute Gasteiger partial charge is 0.336 e. The van der Waals surface area contributed by atoms with E-state index in [1.165, 1.54) is 4.31 Å². The van der Waals surface area contributed by atoms with E-state index in [2.05, 4.69) is 15.5 Å². The lowest BCUT2D eigenvalue weighted by Gasteiger charge is -2.26. The van der Waals surface area contributed by atoms with Crippen molar-refractivity contribution in [3.63, 3.8) is 0 Å². The SMILES string of the molecule is O=C(c1n[nH]c2c1CCNC2)N1CCCN(S(=O)(=O)N2CCCC2)CC1. The maximum atomic E-state index is 12.9. The van der Waals surface area contributed by atoms with Crippen molar-refractivity contribution < 1.29 is 13.2 Å². The van der Waals surface area contributed by atoms with Crippen molar-refractivity contribution in [2.45, 2.75) is 32.2 Å². The number of carbonyl (C=O) groups is 1. The number of amides is 1. The second kappa shape index (κ2) is 7.26. The zero-order valence-electron chi connectivity index (χ0n) is 14.9. The van der Waals surface area contributed by atoms with Crippen LogP contribution in [0.5, 0.6) is 0 Å². The van der Waals surface area contributed by atoms with Crippen molar-refractivity contribution in [3.05, 3.63) is 17.0 Å². The predicted molar refractivity (Wildman–Crippen MR) is 95.8 cm³/mol. The third-order valence-electron chi connectivity index (χ3n) is 5.47. The fraction of sp³-hybridized carbons (Fsp3) is 0.750. The fourth-order valence-electron chi connectivity index (χ4n) is 3.98. The van der Waals surface area contributed by atoms with Gasteiger partial charge in [-0.25, -0.2) is 0 Å². The van der Waals surface area contributed by atoms with Crippen LogP contribution in [-0.4, -0.2) is 83.8 Å². The summed E-state index contributed by atoms with van der Waals surface area (Å²) in [5, 5.41) is 10.5. The molecule has 9 nitrogen and oxygen atoms in total. The van der Waals surface area contributed by atoms with Crippen LogP contribution in [0.1, 0.15) is 41.0 Å². The number of aromatic nitrogens is 2. The Kier molecular flexibility index (Phi) is 5.00. The van der Waals surface area contributed by atoms with Gasteiger partial charge in [-0.2, -0.15) is 22.1 Å². The molecule has 0 aliphatic carbocycles. The monoisotopic (exact) mass is 382 g/mol. The van der Waals surface area contributed by atoms with E-state index in [4.69, 9.17) is 0 Å². The van der Waals surface area contributed by atoms with Crippen molar-refractivity contribution >= 4 is 16.1 Å². The first-order valence-electron chi connectivity index (χ1n) is 9.39. The van der Waals surface area contributed by atoms with Gasteiger partial charge >= 0.3 is 0 Å². The van der Waals surface area contributed by atoms with Crippen molar-refractivity contribution in [1.82, 2.24) is 29.0 Å². The first-order valence-corrected chi connectivity index (χ1v) is 10.8. The Labute approximate surface area is 153 Å². The molecule has 0 radical (unpaired) electrons. The lowest BCUT2D eigenvalue weighted by molar-refractivity contribution is 0.0757. The van der Waals surface area contributed by atoms with Gasteiger partial charge in [0.05, 0.1) is 5.69 Å². The van der Waals surface area contributed by atoms with Gasteiger partial charge in [0.1, 0.15) is 0 Å². The van der Waals surface area contributed by atoms with Crippen molar-refractivity contribution in [2.75, 3.05) is 45.8 Å². The second-order valence-electron chi connectivity index (χ2n) is 7.11. The molecule has 26 heavy (non-hydrogen) atoms. The maximum absolute atomic E-state index is 12.9. The minimum atomic E-state index is -3.40. The molecule has 1 aromatic heterocycles. The van der Waals surface area contributed by atoms with Crippen LogP contribution < -0.4 is 5.32 Å². The summed E-state index contributed by atoms with van der Waals surface area (Å²) in [6.45, 7) is 4.54. The quantitative estimate of drug-likeness (QED) is 0.737. The summed E-state index contributed by atoms with van der Waals surface area (Å²) in [6, 6.07) is 0. The molecular formula is C16H26N6O3S. The van der Waals surface area contributed by atoms with E-state index in [0.29, 0.717) is 57.9 Å². The maximum Gasteiger partial charge on any atom is 0.282 e. The highest BCUT2D eigenvalue weighted by Crippen LogP contribution is 2.21. The van der Waals surface area contributed by atoms with E-state index >= 15 is 0 Å². The molecule has 0 spiro atoms. The lowest BCUT2D eigenvalue weighted by Crippen LogP contribution is -2.44. The highest BCUT2D eigenvalue weighted by molar-refractivity contribution is 7.86. The average molecular weight is 382 g/mol. The second-order valence-corrected chi connectivity index (χ2v) is 9.04. The van der Waals surface area contributed by atoms with Gasteiger partial charge in [0.2, 0.25) is 0 Å². The van der Waals surface area contributed by atoms with Crippen LogP contribution >= 0.6 is 0 Å². The van der Waals surface area contributed by atoms with E-state index in [9.17, 15) is 13.2 Å².